The molecule has 0 aliphatic carbocycles. The summed E-state index contributed by atoms with van der Waals surface area (Å²) in [6.07, 6.45) is -3.67. The second-order valence-corrected chi connectivity index (χ2v) is 4.38. The number of thiazole rings is 1. The highest BCUT2D eigenvalue weighted by Gasteiger charge is 2.43. The molecule has 5 nitrogen and oxygen atoms in total. The Labute approximate surface area is 109 Å². The molecule has 0 unspecified atom stereocenters. The van der Waals surface area contributed by atoms with Gasteiger partial charge >= 0.3 is 6.29 Å². The van der Waals surface area contributed by atoms with E-state index in [9.17, 15) is 13.6 Å². The number of amides is 1. The number of hydrogen-bond acceptors (Lipinski definition) is 5. The van der Waals surface area contributed by atoms with E-state index in [1.54, 1.807) is 5.38 Å². The molecule has 0 radical (unpaired) electrons. The number of nitrogens with zero attached hydrogens (tertiary/aromatic N) is 1. The van der Waals surface area contributed by atoms with E-state index in [2.05, 4.69) is 19.8 Å². The molecule has 2 aromatic rings. The topological polar surface area (TPSA) is 60.5 Å². The van der Waals surface area contributed by atoms with Crippen molar-refractivity contribution in [1.82, 2.24) is 4.98 Å². The number of rotatable bonds is 2. The number of fused-ring (bicyclic) bond motifs is 1. The molecule has 3 rings (SSSR count). The molecule has 2 heterocycles. The van der Waals surface area contributed by atoms with E-state index in [0.29, 0.717) is 5.69 Å². The van der Waals surface area contributed by atoms with E-state index >= 15 is 0 Å². The van der Waals surface area contributed by atoms with Gasteiger partial charge in [-0.25, -0.2) is 4.98 Å². The van der Waals surface area contributed by atoms with Crippen LogP contribution in [0.4, 0.5) is 14.5 Å². The van der Waals surface area contributed by atoms with Crippen LogP contribution >= 0.6 is 11.3 Å². The molecule has 0 bridgehead atoms. The second-order valence-electron chi connectivity index (χ2n) is 3.66. The summed E-state index contributed by atoms with van der Waals surface area (Å²) in [6, 6.07) is 4.00. The van der Waals surface area contributed by atoms with Crippen molar-refractivity contribution in [2.45, 2.75) is 6.29 Å². The van der Waals surface area contributed by atoms with Crippen molar-refractivity contribution in [3.63, 3.8) is 0 Å². The van der Waals surface area contributed by atoms with Crippen molar-refractivity contribution in [3.8, 4) is 11.5 Å². The first-order valence-corrected chi connectivity index (χ1v) is 6.07. The van der Waals surface area contributed by atoms with Crippen molar-refractivity contribution in [3.05, 3.63) is 34.8 Å². The van der Waals surface area contributed by atoms with Gasteiger partial charge in [-0.05, 0) is 12.1 Å². The Morgan fingerprint density at radius 3 is 2.84 bits per heavy atom. The van der Waals surface area contributed by atoms with Gasteiger partial charge in [-0.3, -0.25) is 4.79 Å². The normalized spacial score (nSPS) is 15.3. The second kappa shape index (κ2) is 4.16. The van der Waals surface area contributed by atoms with E-state index in [-0.39, 0.29) is 17.2 Å². The van der Waals surface area contributed by atoms with Crippen molar-refractivity contribution in [2.75, 3.05) is 5.32 Å². The molecule has 1 aromatic carbocycles. The molecule has 1 N–H and O–H groups in total. The van der Waals surface area contributed by atoms with Gasteiger partial charge in [-0.2, -0.15) is 0 Å². The van der Waals surface area contributed by atoms with Crippen molar-refractivity contribution in [1.29, 1.82) is 0 Å². The van der Waals surface area contributed by atoms with Crippen LogP contribution in [0, 0.1) is 0 Å². The summed E-state index contributed by atoms with van der Waals surface area (Å²) in [4.78, 5) is 15.6. The zero-order valence-electron chi connectivity index (χ0n) is 9.22. The van der Waals surface area contributed by atoms with Crippen LogP contribution in [0.15, 0.2) is 29.1 Å². The van der Waals surface area contributed by atoms with Crippen LogP contribution in [0.1, 0.15) is 10.5 Å². The summed E-state index contributed by atoms with van der Waals surface area (Å²) in [5.74, 6) is -0.621. The molecule has 0 fully saturated rings. The highest BCUT2D eigenvalue weighted by Crippen LogP contribution is 2.42. The third kappa shape index (κ3) is 2.34. The minimum absolute atomic E-state index is 0.0725. The number of aromatic nitrogens is 1. The molecule has 0 saturated heterocycles. The lowest BCUT2D eigenvalue weighted by Crippen LogP contribution is -2.25. The van der Waals surface area contributed by atoms with Crippen LogP contribution in [-0.4, -0.2) is 17.2 Å². The zero-order chi connectivity index (χ0) is 13.5. The number of alkyl halides is 2. The largest absolute Gasteiger partial charge is 0.586 e. The molecule has 0 saturated carbocycles. The predicted molar refractivity (Wildman–Crippen MR) is 62.7 cm³/mol. The third-order valence-electron chi connectivity index (χ3n) is 2.32. The lowest BCUT2D eigenvalue weighted by Gasteiger charge is -2.04. The molecular formula is C11H6F2N2O3S. The van der Waals surface area contributed by atoms with E-state index in [1.165, 1.54) is 35.0 Å². The number of carbonyl (C=O) groups excluding carboxylic acids is 1. The Morgan fingerprint density at radius 1 is 1.32 bits per heavy atom. The van der Waals surface area contributed by atoms with E-state index in [0.717, 1.165) is 0 Å². The van der Waals surface area contributed by atoms with Crippen LogP contribution in [0.25, 0.3) is 0 Å². The maximum absolute atomic E-state index is 12.8. The SMILES string of the molecule is O=C(Nc1ccc2c(c1)OC(F)(F)O2)c1cscn1. The number of carbonyl (C=O) groups is 1. The van der Waals surface area contributed by atoms with Gasteiger partial charge in [0.15, 0.2) is 11.5 Å². The molecule has 0 spiro atoms. The summed E-state index contributed by atoms with van der Waals surface area (Å²) in [7, 11) is 0. The van der Waals surface area contributed by atoms with Crippen LogP contribution in [0.5, 0.6) is 11.5 Å². The van der Waals surface area contributed by atoms with Crippen LogP contribution in [0.3, 0.4) is 0 Å². The molecule has 98 valence electrons. The Hall–Kier alpha value is -2.22. The van der Waals surface area contributed by atoms with E-state index < -0.39 is 12.2 Å². The number of hydrogen-bond donors (Lipinski definition) is 1. The number of ether oxygens (including phenoxy) is 2. The minimum atomic E-state index is -3.67. The number of anilines is 1. The molecule has 0 atom stereocenters. The fourth-order valence-corrected chi connectivity index (χ4v) is 2.08. The summed E-state index contributed by atoms with van der Waals surface area (Å²) in [6.45, 7) is 0. The first kappa shape index (κ1) is 11.8. The Kier molecular flexibility index (Phi) is 2.59. The lowest BCUT2D eigenvalue weighted by molar-refractivity contribution is -0.286. The molecule has 19 heavy (non-hydrogen) atoms. The molecule has 1 amide bonds. The number of benzene rings is 1. The maximum atomic E-state index is 12.8. The van der Waals surface area contributed by atoms with Gasteiger partial charge in [0.05, 0.1) is 5.51 Å². The fraction of sp³-hybridized carbons (Fsp3) is 0.0909. The average Bonchev–Trinajstić information content (AvgIpc) is 2.93. The van der Waals surface area contributed by atoms with Crippen molar-refractivity contribution >= 4 is 22.9 Å². The van der Waals surface area contributed by atoms with Gasteiger partial charge in [0.25, 0.3) is 5.91 Å². The number of halogens is 2. The van der Waals surface area contributed by atoms with Gasteiger partial charge in [0.1, 0.15) is 5.69 Å². The Bertz CT molecular complexity index is 631. The van der Waals surface area contributed by atoms with Crippen LogP contribution in [0.2, 0.25) is 0 Å². The van der Waals surface area contributed by atoms with Crippen molar-refractivity contribution < 1.29 is 23.0 Å². The predicted octanol–water partition coefficient (Wildman–Crippen LogP) is 2.72. The quantitative estimate of drug-likeness (QED) is 0.921. The first-order chi connectivity index (χ1) is 9.03. The summed E-state index contributed by atoms with van der Waals surface area (Å²) in [5, 5.41) is 4.11. The minimum Gasteiger partial charge on any atom is -0.395 e. The average molecular weight is 284 g/mol. The first-order valence-electron chi connectivity index (χ1n) is 5.13. The molecule has 1 aliphatic rings. The van der Waals surface area contributed by atoms with Crippen molar-refractivity contribution in [2.24, 2.45) is 0 Å². The van der Waals surface area contributed by atoms with Gasteiger partial charge in [0, 0.05) is 17.1 Å². The fourth-order valence-electron chi connectivity index (χ4n) is 1.55. The summed E-state index contributed by atoms with van der Waals surface area (Å²) >= 11 is 1.28. The maximum Gasteiger partial charge on any atom is 0.586 e. The van der Waals surface area contributed by atoms with Gasteiger partial charge < -0.3 is 14.8 Å². The third-order valence-corrected chi connectivity index (χ3v) is 2.91. The highest BCUT2D eigenvalue weighted by molar-refractivity contribution is 7.07. The summed E-state index contributed by atoms with van der Waals surface area (Å²) in [5.41, 5.74) is 2.10. The monoisotopic (exact) mass is 284 g/mol. The lowest BCUT2D eigenvalue weighted by atomic mass is 10.2. The van der Waals surface area contributed by atoms with Crippen LogP contribution < -0.4 is 14.8 Å². The van der Waals surface area contributed by atoms with Gasteiger partial charge in [-0.1, -0.05) is 0 Å². The zero-order valence-corrected chi connectivity index (χ0v) is 10.0. The standard InChI is InChI=1S/C11H6F2N2O3S/c12-11(13)17-8-2-1-6(3-9(8)18-11)15-10(16)7-4-19-5-14-7/h1-5H,(H,15,16). The highest BCUT2D eigenvalue weighted by atomic mass is 32.1. The molecule has 1 aliphatic heterocycles. The molecule has 1 aromatic heterocycles. The van der Waals surface area contributed by atoms with E-state index in [1.807, 2.05) is 0 Å². The summed E-state index contributed by atoms with van der Waals surface area (Å²) < 4.78 is 34.2. The van der Waals surface area contributed by atoms with Gasteiger partial charge in [0.2, 0.25) is 0 Å². The smallest absolute Gasteiger partial charge is 0.395 e. The Morgan fingerprint density at radius 2 is 2.11 bits per heavy atom. The molecular weight excluding hydrogens is 278 g/mol. The van der Waals surface area contributed by atoms with Crippen LogP contribution in [-0.2, 0) is 0 Å². The Balaban J connectivity index is 1.79. The van der Waals surface area contributed by atoms with E-state index in [4.69, 9.17) is 0 Å². The molecule has 8 heteroatoms. The van der Waals surface area contributed by atoms with Gasteiger partial charge in [-0.15, -0.1) is 20.1 Å². The number of nitrogens with one attached hydrogen (secondary N) is 1.